The monoisotopic (exact) mass is 521 g/mol. The van der Waals surface area contributed by atoms with E-state index in [0.29, 0.717) is 46.6 Å². The molecule has 1 aliphatic carbocycles. The lowest BCUT2D eigenvalue weighted by atomic mass is 9.98. The second-order valence-electron chi connectivity index (χ2n) is 9.58. The lowest BCUT2D eigenvalue weighted by Crippen LogP contribution is -2.40. The minimum absolute atomic E-state index is 0.000555. The van der Waals surface area contributed by atoms with Crippen LogP contribution in [0, 0.1) is 17.2 Å². The van der Waals surface area contributed by atoms with Crippen molar-refractivity contribution in [3.8, 4) is 6.07 Å². The van der Waals surface area contributed by atoms with Crippen LogP contribution in [0.5, 0.6) is 0 Å². The number of aromatic nitrogens is 2. The summed E-state index contributed by atoms with van der Waals surface area (Å²) >= 11 is 6.00. The Hall–Kier alpha value is -3.54. The zero-order valence-corrected chi connectivity index (χ0v) is 21.3. The second kappa shape index (κ2) is 11.2. The van der Waals surface area contributed by atoms with Crippen molar-refractivity contribution < 1.29 is 14.7 Å². The number of aryl methyl sites for hydroxylation is 1. The maximum absolute atomic E-state index is 13.1. The summed E-state index contributed by atoms with van der Waals surface area (Å²) in [4.78, 5) is 50.9. The number of aliphatic hydroxyl groups is 1. The first kappa shape index (κ1) is 26.5. The van der Waals surface area contributed by atoms with Crippen LogP contribution in [-0.4, -0.2) is 31.9 Å². The molecule has 1 fully saturated rings. The fourth-order valence-corrected chi connectivity index (χ4v) is 4.70. The van der Waals surface area contributed by atoms with Crippen molar-refractivity contribution in [1.82, 2.24) is 9.13 Å². The molecular weight excluding hydrogens is 494 g/mol. The number of halogens is 1. The molecule has 1 heterocycles. The molecule has 8 nitrogen and oxygen atoms in total. The summed E-state index contributed by atoms with van der Waals surface area (Å²) in [6, 6.07) is 11.7. The highest BCUT2D eigenvalue weighted by atomic mass is 35.5. The Kier molecular flexibility index (Phi) is 8.06. The van der Waals surface area contributed by atoms with Gasteiger partial charge in [-0.1, -0.05) is 23.7 Å². The number of hydrogen-bond donors (Lipinski definition) is 1. The molecular formula is C28H28ClN3O5. The van der Waals surface area contributed by atoms with Crippen LogP contribution in [0.3, 0.4) is 0 Å². The summed E-state index contributed by atoms with van der Waals surface area (Å²) in [5.41, 5.74) is 1.42. The van der Waals surface area contributed by atoms with E-state index in [0.717, 1.165) is 12.8 Å². The van der Waals surface area contributed by atoms with Gasteiger partial charge in [0.05, 0.1) is 21.5 Å². The molecule has 9 heteroatoms. The molecule has 0 amide bonds. The zero-order chi connectivity index (χ0) is 26.7. The summed E-state index contributed by atoms with van der Waals surface area (Å²) in [6.07, 6.45) is 0.703. The van der Waals surface area contributed by atoms with E-state index in [9.17, 15) is 24.3 Å². The summed E-state index contributed by atoms with van der Waals surface area (Å²) in [6.45, 7) is 2.70. The largest absolute Gasteiger partial charge is 0.385 e. The maximum atomic E-state index is 13.1. The van der Waals surface area contributed by atoms with Crippen molar-refractivity contribution in [1.29, 1.82) is 5.26 Å². The molecule has 0 saturated heterocycles. The Morgan fingerprint density at radius 2 is 1.81 bits per heavy atom. The van der Waals surface area contributed by atoms with Gasteiger partial charge in [-0.05, 0) is 67.5 Å². The number of benzene rings is 2. The van der Waals surface area contributed by atoms with Crippen molar-refractivity contribution in [2.75, 3.05) is 0 Å². The van der Waals surface area contributed by atoms with Crippen molar-refractivity contribution in [3.63, 3.8) is 0 Å². The van der Waals surface area contributed by atoms with Gasteiger partial charge in [0.1, 0.15) is 18.0 Å². The third-order valence-electron chi connectivity index (χ3n) is 6.74. The number of hydrogen-bond acceptors (Lipinski definition) is 6. The number of nitriles is 1. The zero-order valence-electron chi connectivity index (χ0n) is 20.6. The van der Waals surface area contributed by atoms with Gasteiger partial charge >= 0.3 is 5.69 Å². The van der Waals surface area contributed by atoms with E-state index in [2.05, 4.69) is 0 Å². The molecule has 1 aliphatic rings. The normalized spacial score (nSPS) is 13.9. The Labute approximate surface area is 218 Å². The van der Waals surface area contributed by atoms with Gasteiger partial charge < -0.3 is 5.11 Å². The van der Waals surface area contributed by atoms with Crippen LogP contribution in [0.15, 0.2) is 46.0 Å². The Morgan fingerprint density at radius 1 is 1.11 bits per heavy atom. The van der Waals surface area contributed by atoms with Crippen LogP contribution in [0.4, 0.5) is 0 Å². The highest BCUT2D eigenvalue weighted by molar-refractivity contribution is 6.31. The first-order valence-corrected chi connectivity index (χ1v) is 12.8. The van der Waals surface area contributed by atoms with Crippen molar-refractivity contribution in [2.45, 2.75) is 64.6 Å². The molecule has 1 aromatic heterocycles. The molecule has 1 N–H and O–H groups in total. The molecule has 4 rings (SSSR count). The first-order valence-electron chi connectivity index (χ1n) is 12.4. The average Bonchev–Trinajstić information content (AvgIpc) is 3.70. The number of aliphatic hydroxyl groups excluding tert-OH is 1. The van der Waals surface area contributed by atoms with Crippen LogP contribution in [0.1, 0.15) is 49.3 Å². The standard InChI is InChI=1S/C28H28ClN3O5/c1-2-31-24-9-6-18(12-22(24)27(36)32(28(31)37)16-17-3-4-17)11-21(33)8-10-25(34)26(35)14-19-5-7-20(15-30)23(29)13-19/h5-7,9,12-13,17,25,34H,2-4,8,10-11,14,16H2,1H3/t25-/m0/s1. The van der Waals surface area contributed by atoms with Gasteiger partial charge in [-0.2, -0.15) is 5.26 Å². The minimum Gasteiger partial charge on any atom is -0.385 e. The van der Waals surface area contributed by atoms with Crippen molar-refractivity contribution in [3.05, 3.63) is 78.9 Å². The van der Waals surface area contributed by atoms with Crippen LogP contribution in [-0.2, 0) is 35.5 Å². The summed E-state index contributed by atoms with van der Waals surface area (Å²) in [7, 11) is 0. The molecule has 0 aliphatic heterocycles. The number of ketones is 2. The van der Waals surface area contributed by atoms with Crippen LogP contribution in [0.25, 0.3) is 10.9 Å². The maximum Gasteiger partial charge on any atom is 0.331 e. The molecule has 37 heavy (non-hydrogen) atoms. The van der Waals surface area contributed by atoms with Gasteiger partial charge in [0, 0.05) is 32.4 Å². The van der Waals surface area contributed by atoms with Gasteiger partial charge in [-0.3, -0.25) is 23.5 Å². The number of carbonyl (C=O) groups is 2. The number of Topliss-reactive ketones (excluding diaryl/α,β-unsaturated/α-hetero) is 2. The summed E-state index contributed by atoms with van der Waals surface area (Å²) < 4.78 is 2.88. The van der Waals surface area contributed by atoms with Crippen molar-refractivity contribution >= 4 is 34.1 Å². The smallest absolute Gasteiger partial charge is 0.331 e. The number of nitrogens with zero attached hydrogens (tertiary/aromatic N) is 3. The van der Waals surface area contributed by atoms with Gasteiger partial charge in [0.15, 0.2) is 5.78 Å². The van der Waals surface area contributed by atoms with E-state index in [1.54, 1.807) is 28.8 Å². The lowest BCUT2D eigenvalue weighted by molar-refractivity contribution is -0.127. The molecule has 2 aromatic carbocycles. The third-order valence-corrected chi connectivity index (χ3v) is 7.06. The summed E-state index contributed by atoms with van der Waals surface area (Å²) in [5.74, 6) is -0.247. The Bertz CT molecular complexity index is 1530. The minimum atomic E-state index is -1.30. The number of carbonyl (C=O) groups excluding carboxylic acids is 2. The average molecular weight is 522 g/mol. The molecule has 0 radical (unpaired) electrons. The Morgan fingerprint density at radius 3 is 2.46 bits per heavy atom. The molecule has 3 aromatic rings. The molecule has 1 atom stereocenters. The topological polar surface area (TPSA) is 122 Å². The van der Waals surface area contributed by atoms with Crippen LogP contribution < -0.4 is 11.2 Å². The number of rotatable bonds is 11. The molecule has 0 bridgehead atoms. The van der Waals surface area contributed by atoms with Crippen LogP contribution in [0.2, 0.25) is 5.02 Å². The fourth-order valence-electron chi connectivity index (χ4n) is 4.46. The van der Waals surface area contributed by atoms with E-state index in [1.807, 2.05) is 13.0 Å². The molecule has 1 saturated carbocycles. The van der Waals surface area contributed by atoms with Gasteiger partial charge in [0.25, 0.3) is 5.56 Å². The van der Waals surface area contributed by atoms with Crippen molar-refractivity contribution in [2.24, 2.45) is 5.92 Å². The van der Waals surface area contributed by atoms with Gasteiger partial charge in [-0.25, -0.2) is 4.79 Å². The quantitative estimate of drug-likeness (QED) is 0.413. The number of fused-ring (bicyclic) bond motifs is 1. The van der Waals surface area contributed by atoms with E-state index >= 15 is 0 Å². The fraction of sp³-hybridized carbons (Fsp3) is 0.393. The predicted octanol–water partition coefficient (Wildman–Crippen LogP) is 3.18. The van der Waals surface area contributed by atoms with Gasteiger partial charge in [0.2, 0.25) is 0 Å². The molecule has 192 valence electrons. The Balaban J connectivity index is 1.41. The van der Waals surface area contributed by atoms with E-state index in [1.165, 1.54) is 16.7 Å². The second-order valence-corrected chi connectivity index (χ2v) is 9.98. The summed E-state index contributed by atoms with van der Waals surface area (Å²) in [5, 5.41) is 19.9. The highest BCUT2D eigenvalue weighted by Crippen LogP contribution is 2.29. The van der Waals surface area contributed by atoms with E-state index in [4.69, 9.17) is 16.9 Å². The van der Waals surface area contributed by atoms with Crippen LogP contribution >= 0.6 is 11.6 Å². The SMILES string of the molecule is CCn1c(=O)n(CC2CC2)c(=O)c2cc(CC(=O)CC[C@H](O)C(=O)Cc3ccc(C#N)c(Cl)c3)ccc21. The molecule has 0 spiro atoms. The highest BCUT2D eigenvalue weighted by Gasteiger charge is 2.25. The molecule has 0 unspecified atom stereocenters. The van der Waals surface area contributed by atoms with E-state index in [-0.39, 0.29) is 47.7 Å². The van der Waals surface area contributed by atoms with Gasteiger partial charge in [-0.15, -0.1) is 0 Å². The lowest BCUT2D eigenvalue weighted by Gasteiger charge is -2.13. The first-order chi connectivity index (χ1) is 17.7. The third kappa shape index (κ3) is 6.07. The predicted molar refractivity (Wildman–Crippen MR) is 140 cm³/mol. The van der Waals surface area contributed by atoms with E-state index < -0.39 is 11.9 Å².